The lowest BCUT2D eigenvalue weighted by molar-refractivity contribution is 0.184. The molecule has 0 aromatic carbocycles. The maximum absolute atomic E-state index is 3.01. The van der Waals surface area contributed by atoms with Crippen LogP contribution in [-0.2, 0) is 0 Å². The first-order valence-corrected chi connectivity index (χ1v) is 10.8. The topological polar surface area (TPSA) is 0 Å². The van der Waals surface area contributed by atoms with E-state index in [1.165, 1.54) is 38.5 Å². The molecule has 3 fully saturated rings. The Bertz CT molecular complexity index is 326. The van der Waals surface area contributed by atoms with Crippen molar-refractivity contribution in [2.24, 2.45) is 35.5 Å². The summed E-state index contributed by atoms with van der Waals surface area (Å²) in [7, 11) is 0. The normalized spacial score (nSPS) is 44.4. The van der Waals surface area contributed by atoms with Gasteiger partial charge in [0.05, 0.1) is 0 Å². The van der Waals surface area contributed by atoms with E-state index >= 15 is 0 Å². The molecule has 0 amide bonds. The minimum absolute atomic E-state index is 0.642. The molecule has 5 unspecified atom stereocenters. The second-order valence-electron chi connectivity index (χ2n) is 8.81. The molecule has 0 spiro atoms. The molecule has 3 aliphatic rings. The molecule has 0 radical (unpaired) electrons. The standard InChI is InChI=1S/C20H35I/c1-14(2)12-13-15(3)20(21)18-10-6-4-8-16(18)17-9-5-7-11-19(17)20/h14-19H,4-13H2,1-3H3. The van der Waals surface area contributed by atoms with E-state index in [1.807, 2.05) is 0 Å². The highest BCUT2D eigenvalue weighted by Gasteiger charge is 2.60. The van der Waals surface area contributed by atoms with E-state index < -0.39 is 0 Å². The Balaban J connectivity index is 1.82. The highest BCUT2D eigenvalue weighted by atomic mass is 127. The third kappa shape index (κ3) is 2.94. The molecule has 0 aromatic rings. The first-order valence-electron chi connectivity index (χ1n) is 9.74. The van der Waals surface area contributed by atoms with Crippen molar-refractivity contribution in [1.29, 1.82) is 0 Å². The van der Waals surface area contributed by atoms with Gasteiger partial charge in [-0.05, 0) is 67.6 Å². The number of halogens is 1. The molecule has 0 saturated heterocycles. The Morgan fingerprint density at radius 2 is 1.29 bits per heavy atom. The second kappa shape index (κ2) is 6.69. The fraction of sp³-hybridized carbons (Fsp3) is 1.00. The van der Waals surface area contributed by atoms with Gasteiger partial charge in [0.2, 0.25) is 0 Å². The third-order valence-electron chi connectivity index (χ3n) is 7.26. The molecule has 3 saturated carbocycles. The summed E-state index contributed by atoms with van der Waals surface area (Å²) in [6, 6.07) is 0. The molecule has 1 heteroatoms. The van der Waals surface area contributed by atoms with E-state index in [0.29, 0.717) is 3.42 Å². The Kier molecular flexibility index (Phi) is 5.28. The van der Waals surface area contributed by atoms with E-state index in [4.69, 9.17) is 0 Å². The molecule has 122 valence electrons. The van der Waals surface area contributed by atoms with Crippen molar-refractivity contribution in [1.82, 2.24) is 0 Å². The molecule has 0 N–H and O–H groups in total. The average Bonchev–Trinajstić information content (AvgIpc) is 2.77. The molecule has 3 rings (SSSR count). The van der Waals surface area contributed by atoms with Crippen molar-refractivity contribution in [3.63, 3.8) is 0 Å². The Hall–Kier alpha value is 0.730. The molecule has 0 aromatic heterocycles. The van der Waals surface area contributed by atoms with Gasteiger partial charge in [0.1, 0.15) is 0 Å². The molecule has 0 heterocycles. The van der Waals surface area contributed by atoms with Crippen molar-refractivity contribution in [3.05, 3.63) is 0 Å². The summed E-state index contributed by atoms with van der Waals surface area (Å²) in [6.45, 7) is 7.40. The van der Waals surface area contributed by atoms with E-state index in [0.717, 1.165) is 35.5 Å². The van der Waals surface area contributed by atoms with Gasteiger partial charge in [0.25, 0.3) is 0 Å². The molecule has 3 aliphatic carbocycles. The Morgan fingerprint density at radius 1 is 0.810 bits per heavy atom. The highest BCUT2D eigenvalue weighted by Crippen LogP contribution is 2.65. The second-order valence-corrected chi connectivity index (χ2v) is 10.7. The van der Waals surface area contributed by atoms with Gasteiger partial charge in [-0.25, -0.2) is 0 Å². The maximum atomic E-state index is 3.01. The van der Waals surface area contributed by atoms with Crippen molar-refractivity contribution < 1.29 is 0 Å². The highest BCUT2D eigenvalue weighted by molar-refractivity contribution is 14.1. The molecule has 0 nitrogen and oxygen atoms in total. The van der Waals surface area contributed by atoms with Crippen LogP contribution in [0.2, 0.25) is 0 Å². The summed E-state index contributed by atoms with van der Waals surface area (Å²) in [6.07, 6.45) is 15.2. The lowest BCUT2D eigenvalue weighted by atomic mass is 9.70. The van der Waals surface area contributed by atoms with Crippen molar-refractivity contribution in [2.45, 2.75) is 88.4 Å². The first-order chi connectivity index (χ1) is 10.0. The Labute approximate surface area is 146 Å². The number of rotatable bonds is 4. The summed E-state index contributed by atoms with van der Waals surface area (Å²) in [5.74, 6) is 6.12. The zero-order valence-electron chi connectivity index (χ0n) is 14.4. The van der Waals surface area contributed by atoms with E-state index in [-0.39, 0.29) is 0 Å². The smallest absolute Gasteiger partial charge is 0.0309 e. The summed E-state index contributed by atoms with van der Waals surface area (Å²) in [4.78, 5) is 0. The lowest BCUT2D eigenvalue weighted by Crippen LogP contribution is -2.42. The molecular formula is C20H35I. The first kappa shape index (κ1) is 16.6. The van der Waals surface area contributed by atoms with Gasteiger partial charge in [-0.1, -0.05) is 75.5 Å². The summed E-state index contributed by atoms with van der Waals surface area (Å²) < 4.78 is 0.642. The molecule has 0 aliphatic heterocycles. The van der Waals surface area contributed by atoms with Gasteiger partial charge >= 0.3 is 0 Å². The number of alkyl halides is 1. The fourth-order valence-corrected chi connectivity index (χ4v) is 8.11. The van der Waals surface area contributed by atoms with Crippen LogP contribution in [0.15, 0.2) is 0 Å². The minimum Gasteiger partial charge on any atom is -0.0780 e. The largest absolute Gasteiger partial charge is 0.0780 e. The summed E-state index contributed by atoms with van der Waals surface area (Å²) >= 11 is 3.01. The summed E-state index contributed by atoms with van der Waals surface area (Å²) in [5, 5.41) is 0. The predicted octanol–water partition coefficient (Wildman–Crippen LogP) is 6.86. The molecule has 0 bridgehead atoms. The van der Waals surface area contributed by atoms with Crippen LogP contribution in [0, 0.1) is 35.5 Å². The number of hydrogen-bond donors (Lipinski definition) is 0. The van der Waals surface area contributed by atoms with Crippen LogP contribution >= 0.6 is 22.6 Å². The Morgan fingerprint density at radius 3 is 1.76 bits per heavy atom. The zero-order valence-corrected chi connectivity index (χ0v) is 16.6. The maximum Gasteiger partial charge on any atom is 0.0309 e. The van der Waals surface area contributed by atoms with Crippen LogP contribution in [0.4, 0.5) is 0 Å². The van der Waals surface area contributed by atoms with Gasteiger partial charge in [0.15, 0.2) is 0 Å². The molecule has 21 heavy (non-hydrogen) atoms. The molecule has 5 atom stereocenters. The van der Waals surface area contributed by atoms with Crippen molar-refractivity contribution in [2.75, 3.05) is 0 Å². The van der Waals surface area contributed by atoms with E-state index in [1.54, 1.807) is 25.7 Å². The zero-order chi connectivity index (χ0) is 15.0. The van der Waals surface area contributed by atoms with Gasteiger partial charge in [0, 0.05) is 3.42 Å². The minimum atomic E-state index is 0.642. The third-order valence-corrected chi connectivity index (χ3v) is 9.92. The average molecular weight is 402 g/mol. The van der Waals surface area contributed by atoms with Crippen molar-refractivity contribution in [3.8, 4) is 0 Å². The number of hydrogen-bond acceptors (Lipinski definition) is 0. The SMILES string of the molecule is CC(C)CCC(C)C1(I)C2CCCCC2C2CCCCC21. The van der Waals surface area contributed by atoms with Crippen molar-refractivity contribution >= 4 is 22.6 Å². The number of fused-ring (bicyclic) bond motifs is 3. The molecular weight excluding hydrogens is 367 g/mol. The van der Waals surface area contributed by atoms with Gasteiger partial charge in [-0.15, -0.1) is 0 Å². The predicted molar refractivity (Wildman–Crippen MR) is 101 cm³/mol. The van der Waals surface area contributed by atoms with Crippen LogP contribution in [-0.4, -0.2) is 3.42 Å². The van der Waals surface area contributed by atoms with Gasteiger partial charge in [-0.2, -0.15) is 0 Å². The monoisotopic (exact) mass is 402 g/mol. The van der Waals surface area contributed by atoms with E-state index in [9.17, 15) is 0 Å². The quantitative estimate of drug-likeness (QED) is 0.356. The van der Waals surface area contributed by atoms with Crippen LogP contribution in [0.3, 0.4) is 0 Å². The van der Waals surface area contributed by atoms with E-state index in [2.05, 4.69) is 43.4 Å². The van der Waals surface area contributed by atoms with Crippen LogP contribution in [0.1, 0.15) is 85.0 Å². The lowest BCUT2D eigenvalue weighted by Gasteiger charge is -2.44. The van der Waals surface area contributed by atoms with Crippen LogP contribution in [0.25, 0.3) is 0 Å². The summed E-state index contributed by atoms with van der Waals surface area (Å²) in [5.41, 5.74) is 0. The van der Waals surface area contributed by atoms with Crippen LogP contribution in [0.5, 0.6) is 0 Å². The van der Waals surface area contributed by atoms with Gasteiger partial charge < -0.3 is 0 Å². The van der Waals surface area contributed by atoms with Gasteiger partial charge in [-0.3, -0.25) is 0 Å². The van der Waals surface area contributed by atoms with Crippen LogP contribution < -0.4 is 0 Å². The fourth-order valence-electron chi connectivity index (χ4n) is 6.25.